The summed E-state index contributed by atoms with van der Waals surface area (Å²) >= 11 is 3.52. The molecule has 5 heteroatoms. The highest BCUT2D eigenvalue weighted by Crippen LogP contribution is 2.14. The first-order valence-electron chi connectivity index (χ1n) is 5.27. The summed E-state index contributed by atoms with van der Waals surface area (Å²) in [5, 5.41) is 7.04. The molecule has 0 aliphatic heterocycles. The number of thiophene rings is 1. The first-order valence-corrected chi connectivity index (χ1v) is 7.36. The van der Waals surface area contributed by atoms with Gasteiger partial charge in [0, 0.05) is 18.1 Å². The minimum absolute atomic E-state index is 0.147. The number of nitrogens with one attached hydrogen (secondary N) is 1. The van der Waals surface area contributed by atoms with Crippen LogP contribution in [0.2, 0.25) is 0 Å². The molecule has 0 fully saturated rings. The molecule has 2 aromatic rings. The van der Waals surface area contributed by atoms with Crippen LogP contribution in [0, 0.1) is 0 Å². The van der Waals surface area contributed by atoms with Crippen LogP contribution in [0.15, 0.2) is 39.6 Å². The third-order valence-electron chi connectivity index (χ3n) is 2.13. The van der Waals surface area contributed by atoms with E-state index in [4.69, 9.17) is 4.42 Å². The van der Waals surface area contributed by atoms with Crippen molar-refractivity contribution in [1.29, 1.82) is 0 Å². The molecule has 0 aromatic carbocycles. The maximum Gasteiger partial charge on any atom is 0.287 e. The van der Waals surface area contributed by atoms with Gasteiger partial charge >= 0.3 is 0 Å². The van der Waals surface area contributed by atoms with Crippen LogP contribution >= 0.6 is 23.1 Å². The lowest BCUT2D eigenvalue weighted by molar-refractivity contribution is 0.0928. The van der Waals surface area contributed by atoms with E-state index in [0.717, 1.165) is 11.5 Å². The highest BCUT2D eigenvalue weighted by molar-refractivity contribution is 7.98. The Balaban J connectivity index is 1.59. The van der Waals surface area contributed by atoms with Crippen LogP contribution in [-0.4, -0.2) is 18.2 Å². The van der Waals surface area contributed by atoms with Crippen molar-refractivity contribution in [3.05, 3.63) is 46.5 Å². The molecule has 0 saturated carbocycles. The van der Waals surface area contributed by atoms with E-state index in [1.165, 1.54) is 11.8 Å². The van der Waals surface area contributed by atoms with Crippen molar-refractivity contribution in [2.75, 3.05) is 12.3 Å². The molecule has 0 bridgehead atoms. The SMILES string of the molecule is O=C(NCCSCc1ccsc1)c1ccco1. The lowest BCUT2D eigenvalue weighted by Gasteiger charge is -2.02. The Morgan fingerprint density at radius 1 is 1.47 bits per heavy atom. The fraction of sp³-hybridized carbons (Fsp3) is 0.250. The number of carbonyl (C=O) groups excluding carboxylic acids is 1. The number of hydrogen-bond acceptors (Lipinski definition) is 4. The van der Waals surface area contributed by atoms with Gasteiger partial charge in [-0.2, -0.15) is 23.1 Å². The molecule has 0 unspecified atom stereocenters. The highest BCUT2D eigenvalue weighted by Gasteiger charge is 2.06. The summed E-state index contributed by atoms with van der Waals surface area (Å²) in [6.07, 6.45) is 1.50. The van der Waals surface area contributed by atoms with E-state index < -0.39 is 0 Å². The predicted octanol–water partition coefficient (Wildman–Crippen LogP) is 3.00. The van der Waals surface area contributed by atoms with Crippen molar-refractivity contribution in [3.63, 3.8) is 0 Å². The number of rotatable bonds is 6. The molecule has 0 aliphatic rings. The van der Waals surface area contributed by atoms with Crippen LogP contribution in [0.3, 0.4) is 0 Å². The average molecular weight is 267 g/mol. The zero-order valence-corrected chi connectivity index (χ0v) is 10.9. The van der Waals surface area contributed by atoms with Crippen LogP contribution in [0.5, 0.6) is 0 Å². The number of thioether (sulfide) groups is 1. The van der Waals surface area contributed by atoms with Gasteiger partial charge in [0.2, 0.25) is 0 Å². The fourth-order valence-electron chi connectivity index (χ4n) is 1.30. The maximum atomic E-state index is 11.5. The van der Waals surface area contributed by atoms with Gasteiger partial charge in [-0.3, -0.25) is 4.79 Å². The van der Waals surface area contributed by atoms with Crippen LogP contribution < -0.4 is 5.32 Å². The average Bonchev–Trinajstić information content (AvgIpc) is 3.01. The van der Waals surface area contributed by atoms with Crippen molar-refractivity contribution < 1.29 is 9.21 Å². The maximum absolute atomic E-state index is 11.5. The molecular weight excluding hydrogens is 254 g/mol. The van der Waals surface area contributed by atoms with Crippen molar-refractivity contribution >= 4 is 29.0 Å². The summed E-state index contributed by atoms with van der Waals surface area (Å²) in [5.41, 5.74) is 1.34. The molecule has 0 aliphatic carbocycles. The number of hydrogen-bond donors (Lipinski definition) is 1. The molecule has 17 heavy (non-hydrogen) atoms. The Labute approximate surface area is 108 Å². The Morgan fingerprint density at radius 2 is 2.41 bits per heavy atom. The standard InChI is InChI=1S/C12H13NO2S2/c14-12(11-2-1-5-15-11)13-4-7-17-9-10-3-6-16-8-10/h1-3,5-6,8H,4,7,9H2,(H,13,14). The Morgan fingerprint density at radius 3 is 3.12 bits per heavy atom. The molecule has 3 nitrogen and oxygen atoms in total. The second kappa shape index (κ2) is 6.51. The third-order valence-corrected chi connectivity index (χ3v) is 3.89. The first kappa shape index (κ1) is 12.3. The summed E-state index contributed by atoms with van der Waals surface area (Å²) in [6, 6.07) is 5.49. The van der Waals surface area contributed by atoms with E-state index in [2.05, 4.69) is 22.1 Å². The Kier molecular flexibility index (Phi) is 4.70. The smallest absolute Gasteiger partial charge is 0.287 e. The van der Waals surface area contributed by atoms with Gasteiger partial charge in [-0.25, -0.2) is 0 Å². The van der Waals surface area contributed by atoms with Gasteiger partial charge in [-0.1, -0.05) is 0 Å². The minimum Gasteiger partial charge on any atom is -0.459 e. The minimum atomic E-state index is -0.147. The molecule has 0 atom stereocenters. The zero-order chi connectivity index (χ0) is 11.9. The number of furan rings is 1. The molecular formula is C12H13NO2S2. The van der Waals surface area contributed by atoms with Crippen LogP contribution in [0.1, 0.15) is 16.1 Å². The molecule has 1 N–H and O–H groups in total. The summed E-state index contributed by atoms with van der Waals surface area (Å²) < 4.78 is 4.99. The normalized spacial score (nSPS) is 10.4. The predicted molar refractivity (Wildman–Crippen MR) is 71.5 cm³/mol. The molecule has 0 spiro atoms. The second-order valence-corrected chi connectivity index (χ2v) is 5.30. The van der Waals surface area contributed by atoms with Crippen molar-refractivity contribution in [3.8, 4) is 0 Å². The largest absolute Gasteiger partial charge is 0.459 e. The summed E-state index contributed by atoms with van der Waals surface area (Å²) in [6.45, 7) is 0.661. The van der Waals surface area contributed by atoms with E-state index in [1.807, 2.05) is 11.8 Å². The summed E-state index contributed by atoms with van der Waals surface area (Å²) in [5.74, 6) is 2.13. The molecule has 0 radical (unpaired) electrons. The lowest BCUT2D eigenvalue weighted by Crippen LogP contribution is -2.25. The van der Waals surface area contributed by atoms with Gasteiger partial charge in [-0.15, -0.1) is 0 Å². The Bertz CT molecular complexity index is 437. The van der Waals surface area contributed by atoms with E-state index in [0.29, 0.717) is 12.3 Å². The van der Waals surface area contributed by atoms with Crippen LogP contribution in [0.4, 0.5) is 0 Å². The monoisotopic (exact) mass is 267 g/mol. The molecule has 2 aromatic heterocycles. The third kappa shape index (κ3) is 3.94. The summed E-state index contributed by atoms with van der Waals surface area (Å²) in [4.78, 5) is 11.5. The molecule has 90 valence electrons. The molecule has 0 saturated heterocycles. The zero-order valence-electron chi connectivity index (χ0n) is 9.22. The lowest BCUT2D eigenvalue weighted by atomic mass is 10.4. The quantitative estimate of drug-likeness (QED) is 0.818. The van der Waals surface area contributed by atoms with Gasteiger partial charge in [0.05, 0.1) is 6.26 Å². The molecule has 2 rings (SSSR count). The fourth-order valence-corrected chi connectivity index (χ4v) is 2.88. The van der Waals surface area contributed by atoms with Gasteiger partial charge in [0.25, 0.3) is 5.91 Å². The van der Waals surface area contributed by atoms with E-state index in [9.17, 15) is 4.79 Å². The van der Waals surface area contributed by atoms with Crippen molar-refractivity contribution in [1.82, 2.24) is 5.32 Å². The van der Waals surface area contributed by atoms with E-state index in [1.54, 1.807) is 23.5 Å². The Hall–Kier alpha value is -1.20. The second-order valence-electron chi connectivity index (χ2n) is 3.42. The van der Waals surface area contributed by atoms with Crippen molar-refractivity contribution in [2.24, 2.45) is 0 Å². The van der Waals surface area contributed by atoms with Crippen LogP contribution in [0.25, 0.3) is 0 Å². The molecule has 2 heterocycles. The van der Waals surface area contributed by atoms with E-state index in [-0.39, 0.29) is 5.91 Å². The topological polar surface area (TPSA) is 42.2 Å². The van der Waals surface area contributed by atoms with E-state index >= 15 is 0 Å². The van der Waals surface area contributed by atoms with Gasteiger partial charge in [0.1, 0.15) is 0 Å². The van der Waals surface area contributed by atoms with Gasteiger partial charge in [-0.05, 0) is 34.5 Å². The van der Waals surface area contributed by atoms with Gasteiger partial charge < -0.3 is 9.73 Å². The first-order chi connectivity index (χ1) is 8.36. The highest BCUT2D eigenvalue weighted by atomic mass is 32.2. The van der Waals surface area contributed by atoms with Crippen molar-refractivity contribution in [2.45, 2.75) is 5.75 Å². The van der Waals surface area contributed by atoms with Gasteiger partial charge in [0.15, 0.2) is 5.76 Å². The number of amides is 1. The van der Waals surface area contributed by atoms with Crippen LogP contribution in [-0.2, 0) is 5.75 Å². The number of carbonyl (C=O) groups is 1. The summed E-state index contributed by atoms with van der Waals surface area (Å²) in [7, 11) is 0. The molecule has 1 amide bonds.